The highest BCUT2D eigenvalue weighted by Gasteiger charge is 2.32. The van der Waals surface area contributed by atoms with E-state index in [9.17, 15) is 9.59 Å². The number of carbonyl (C=O) groups is 1. The van der Waals surface area contributed by atoms with Crippen molar-refractivity contribution in [2.45, 2.75) is 26.5 Å². The number of benzene rings is 4. The van der Waals surface area contributed by atoms with Gasteiger partial charge in [0.1, 0.15) is 12.4 Å². The van der Waals surface area contributed by atoms with Gasteiger partial charge in [0.15, 0.2) is 16.3 Å². The smallest absolute Gasteiger partial charge is 0.271 e. The Bertz CT molecular complexity index is 2250. The number of thiazole rings is 1. The number of methoxy groups -OCH3 is 1. The van der Waals surface area contributed by atoms with E-state index in [1.807, 2.05) is 49.4 Å². The van der Waals surface area contributed by atoms with Crippen molar-refractivity contribution in [1.82, 2.24) is 4.57 Å². The largest absolute Gasteiger partial charge is 0.494 e. The second-order valence-electron chi connectivity index (χ2n) is 11.0. The number of carbonyl (C=O) groups excluding carboxylic acids is 1. The number of para-hydroxylation sites is 1. The molecule has 1 N–H and O–H groups in total. The molecule has 0 unspecified atom stereocenters. The van der Waals surface area contributed by atoms with E-state index in [-0.39, 0.29) is 23.1 Å². The van der Waals surface area contributed by atoms with E-state index in [1.165, 1.54) is 18.4 Å². The number of hydrogen-bond donors (Lipinski definition) is 1. The summed E-state index contributed by atoms with van der Waals surface area (Å²) < 4.78 is 19.2. The van der Waals surface area contributed by atoms with Crippen LogP contribution in [0.1, 0.15) is 36.6 Å². The van der Waals surface area contributed by atoms with Crippen molar-refractivity contribution < 1.29 is 19.0 Å². The lowest BCUT2D eigenvalue weighted by Gasteiger charge is -2.25. The minimum atomic E-state index is -0.744. The standard InChI is InChI=1S/C37H30Cl3N3O5S/c1-4-47-27-14-11-23(12-15-27)33-32(35(44)42-26-8-6-5-7-9-26)21(2)41-37-43(33)36(45)31(49-37)18-22-16-29(40)34(30(17-22)46-3)48-20-24-10-13-25(38)19-28(24)39/h5-19,33H,4,20H2,1-3H3,(H,42,44)/b31-18-/t33-/m1/s1. The quantitative estimate of drug-likeness (QED) is 0.158. The Labute approximate surface area is 301 Å². The van der Waals surface area contributed by atoms with Gasteiger partial charge in [-0.1, -0.05) is 82.5 Å². The number of halogens is 3. The first kappa shape index (κ1) is 34.3. The van der Waals surface area contributed by atoms with Gasteiger partial charge in [0.2, 0.25) is 0 Å². The van der Waals surface area contributed by atoms with Crippen LogP contribution in [0.25, 0.3) is 6.08 Å². The van der Waals surface area contributed by atoms with Crippen molar-refractivity contribution in [2.24, 2.45) is 4.99 Å². The van der Waals surface area contributed by atoms with Gasteiger partial charge in [-0.25, -0.2) is 4.99 Å². The fraction of sp³-hybridized carbons (Fsp3) is 0.162. The number of rotatable bonds is 10. The summed E-state index contributed by atoms with van der Waals surface area (Å²) in [5.74, 6) is 1.03. The number of fused-ring (bicyclic) bond motifs is 1. The lowest BCUT2D eigenvalue weighted by atomic mass is 9.95. The van der Waals surface area contributed by atoms with Gasteiger partial charge in [-0.15, -0.1) is 0 Å². The van der Waals surface area contributed by atoms with E-state index in [4.69, 9.17) is 54.0 Å². The summed E-state index contributed by atoms with van der Waals surface area (Å²) in [4.78, 5) is 33.3. The second kappa shape index (κ2) is 14.9. The summed E-state index contributed by atoms with van der Waals surface area (Å²) in [7, 11) is 1.51. The van der Waals surface area contributed by atoms with Crippen molar-refractivity contribution in [3.8, 4) is 17.2 Å². The minimum Gasteiger partial charge on any atom is -0.494 e. The molecule has 12 heteroatoms. The average Bonchev–Trinajstić information content (AvgIpc) is 3.38. The van der Waals surface area contributed by atoms with E-state index < -0.39 is 6.04 Å². The third kappa shape index (κ3) is 7.40. The Hall–Kier alpha value is -4.54. The van der Waals surface area contributed by atoms with Crippen LogP contribution in [0.3, 0.4) is 0 Å². The number of ether oxygens (including phenoxy) is 3. The van der Waals surface area contributed by atoms with Gasteiger partial charge in [0.25, 0.3) is 11.5 Å². The zero-order chi connectivity index (χ0) is 34.7. The lowest BCUT2D eigenvalue weighted by Crippen LogP contribution is -2.40. The molecule has 0 radical (unpaired) electrons. The maximum absolute atomic E-state index is 14.2. The average molecular weight is 735 g/mol. The van der Waals surface area contributed by atoms with Gasteiger partial charge in [0.05, 0.1) is 40.6 Å². The molecule has 0 fully saturated rings. The van der Waals surface area contributed by atoms with E-state index in [1.54, 1.807) is 60.0 Å². The molecule has 2 heterocycles. The molecule has 5 aromatic rings. The molecule has 1 amide bonds. The van der Waals surface area contributed by atoms with E-state index >= 15 is 0 Å². The molecular weight excluding hydrogens is 705 g/mol. The summed E-state index contributed by atoms with van der Waals surface area (Å²) in [6.45, 7) is 4.33. The van der Waals surface area contributed by atoms with Gasteiger partial charge in [-0.05, 0) is 79.6 Å². The van der Waals surface area contributed by atoms with E-state index in [0.29, 0.717) is 65.8 Å². The fourth-order valence-corrected chi connectivity index (χ4v) is 7.25. The predicted octanol–water partition coefficient (Wildman–Crippen LogP) is 7.82. The maximum atomic E-state index is 14.2. The first-order chi connectivity index (χ1) is 23.7. The molecule has 1 aliphatic heterocycles. The lowest BCUT2D eigenvalue weighted by molar-refractivity contribution is -0.113. The monoisotopic (exact) mass is 733 g/mol. The minimum absolute atomic E-state index is 0.134. The number of allylic oxidation sites excluding steroid dienone is 1. The highest BCUT2D eigenvalue weighted by atomic mass is 35.5. The molecule has 49 heavy (non-hydrogen) atoms. The summed E-state index contributed by atoms with van der Waals surface area (Å²) in [6.07, 6.45) is 1.72. The zero-order valence-electron chi connectivity index (χ0n) is 26.6. The van der Waals surface area contributed by atoms with Crippen LogP contribution in [-0.2, 0) is 11.4 Å². The molecular formula is C37H30Cl3N3O5S. The summed E-state index contributed by atoms with van der Waals surface area (Å²) in [5.41, 5.74) is 3.25. The number of nitrogens with one attached hydrogen (secondary N) is 1. The Balaban J connectivity index is 1.40. The molecule has 0 bridgehead atoms. The highest BCUT2D eigenvalue weighted by molar-refractivity contribution is 7.07. The van der Waals surface area contributed by atoms with Crippen LogP contribution in [0.15, 0.2) is 106 Å². The number of nitrogens with zero attached hydrogens (tertiary/aromatic N) is 2. The normalized spacial score (nSPS) is 14.2. The topological polar surface area (TPSA) is 91.2 Å². The van der Waals surface area contributed by atoms with Crippen LogP contribution in [0.4, 0.5) is 5.69 Å². The molecule has 0 spiro atoms. The van der Waals surface area contributed by atoms with E-state index in [2.05, 4.69) is 5.32 Å². The van der Waals surface area contributed by atoms with Crippen molar-refractivity contribution in [3.63, 3.8) is 0 Å². The second-order valence-corrected chi connectivity index (χ2v) is 13.2. The van der Waals surface area contributed by atoms with E-state index in [0.717, 1.165) is 11.1 Å². The van der Waals surface area contributed by atoms with Crippen LogP contribution >= 0.6 is 46.1 Å². The van der Waals surface area contributed by atoms with Crippen LogP contribution in [0.2, 0.25) is 15.1 Å². The number of amides is 1. The summed E-state index contributed by atoms with van der Waals surface area (Å²) in [5, 5.41) is 4.24. The van der Waals surface area contributed by atoms with Gasteiger partial charge in [0, 0.05) is 21.3 Å². The first-order valence-corrected chi connectivity index (χ1v) is 17.2. The van der Waals surface area contributed by atoms with Gasteiger partial charge >= 0.3 is 0 Å². The number of aromatic nitrogens is 1. The molecule has 8 nitrogen and oxygen atoms in total. The molecule has 1 atom stereocenters. The van der Waals surface area contributed by atoms with Crippen LogP contribution in [0.5, 0.6) is 17.2 Å². The van der Waals surface area contributed by atoms with Crippen molar-refractivity contribution in [3.05, 3.63) is 148 Å². The molecule has 250 valence electrons. The molecule has 1 aliphatic rings. The molecule has 1 aromatic heterocycles. The van der Waals surface area contributed by atoms with Crippen LogP contribution < -0.4 is 34.4 Å². The SMILES string of the molecule is CCOc1ccc([C@@H]2C(C(=O)Nc3ccccc3)=C(C)N=c3s/c(=C\c4cc(Cl)c(OCc5ccc(Cl)cc5Cl)c(OC)c4)c(=O)n32)cc1. The van der Waals surface area contributed by atoms with Gasteiger partial charge < -0.3 is 19.5 Å². The predicted molar refractivity (Wildman–Crippen MR) is 195 cm³/mol. The third-order valence-corrected chi connectivity index (χ3v) is 9.59. The first-order valence-electron chi connectivity index (χ1n) is 15.2. The number of anilines is 1. The zero-order valence-corrected chi connectivity index (χ0v) is 29.7. The molecule has 4 aromatic carbocycles. The van der Waals surface area contributed by atoms with Gasteiger partial charge in [-0.2, -0.15) is 0 Å². The third-order valence-electron chi connectivity index (χ3n) is 7.74. The van der Waals surface area contributed by atoms with Crippen LogP contribution in [0, 0.1) is 0 Å². The Morgan fingerprint density at radius 3 is 2.43 bits per heavy atom. The van der Waals surface area contributed by atoms with Crippen molar-refractivity contribution in [2.75, 3.05) is 19.0 Å². The van der Waals surface area contributed by atoms with Crippen molar-refractivity contribution >= 4 is 63.8 Å². The Morgan fingerprint density at radius 2 is 1.73 bits per heavy atom. The molecule has 6 rings (SSSR count). The fourth-order valence-electron chi connectivity index (χ4n) is 5.46. The molecule has 0 saturated carbocycles. The molecule has 0 aliphatic carbocycles. The van der Waals surface area contributed by atoms with Crippen LogP contribution in [-0.4, -0.2) is 24.2 Å². The van der Waals surface area contributed by atoms with Gasteiger partial charge in [-0.3, -0.25) is 14.2 Å². The van der Waals surface area contributed by atoms with Crippen molar-refractivity contribution in [1.29, 1.82) is 0 Å². The number of hydrogen-bond acceptors (Lipinski definition) is 7. The summed E-state index contributed by atoms with van der Waals surface area (Å²) >= 11 is 20.3. The molecule has 0 saturated heterocycles. The summed E-state index contributed by atoms with van der Waals surface area (Å²) in [6, 6.07) is 24.4. The highest BCUT2D eigenvalue weighted by Crippen LogP contribution is 2.38. The Morgan fingerprint density at radius 1 is 0.980 bits per heavy atom. The maximum Gasteiger partial charge on any atom is 0.271 e. The Kier molecular flexibility index (Phi) is 10.5.